The largest absolute Gasteiger partial charge is 0.459 e. The third kappa shape index (κ3) is 3.72. The monoisotopic (exact) mass is 358 g/mol. The summed E-state index contributed by atoms with van der Waals surface area (Å²) in [6.07, 6.45) is -0.212. The highest BCUT2D eigenvalue weighted by molar-refractivity contribution is 7.80. The van der Waals surface area contributed by atoms with Gasteiger partial charge in [-0.05, 0) is 50.7 Å². The lowest BCUT2D eigenvalue weighted by molar-refractivity contribution is -0.143. The normalized spacial score (nSPS) is 18.1. The van der Waals surface area contributed by atoms with Crippen LogP contribution < -0.4 is 10.6 Å². The Hall–Kier alpha value is -1.30. The minimum atomic E-state index is -0.435. The molecule has 0 aliphatic carbocycles. The number of esters is 1. The second-order valence-electron chi connectivity index (χ2n) is 5.20. The standard InChI is InChI=1S/C15H16Cl2N2O2S/c1-7(2)21-14(20)12-8(3)18-15(22)19-13(12)9-4-5-10(16)11(17)6-9/h4-7,13H,1-3H3,(H2,18,19,22)/t13-/m0/s1. The first kappa shape index (κ1) is 17.1. The number of nitrogens with one attached hydrogen (secondary N) is 2. The fourth-order valence-corrected chi connectivity index (χ4v) is 2.76. The molecule has 0 saturated heterocycles. The van der Waals surface area contributed by atoms with Crippen molar-refractivity contribution < 1.29 is 9.53 Å². The quantitative estimate of drug-likeness (QED) is 0.636. The molecule has 1 heterocycles. The molecule has 0 aromatic heterocycles. The summed E-state index contributed by atoms with van der Waals surface area (Å²) < 4.78 is 5.32. The topological polar surface area (TPSA) is 50.4 Å². The van der Waals surface area contributed by atoms with E-state index in [1.165, 1.54) is 0 Å². The Kier molecular flexibility index (Phi) is 5.32. The van der Waals surface area contributed by atoms with Gasteiger partial charge in [0.2, 0.25) is 0 Å². The Morgan fingerprint density at radius 1 is 1.32 bits per heavy atom. The van der Waals surface area contributed by atoms with Crippen molar-refractivity contribution in [2.75, 3.05) is 0 Å². The van der Waals surface area contributed by atoms with Crippen LogP contribution in [0, 0.1) is 0 Å². The van der Waals surface area contributed by atoms with E-state index in [0.717, 1.165) is 5.56 Å². The van der Waals surface area contributed by atoms with Gasteiger partial charge in [0.1, 0.15) is 0 Å². The molecule has 2 rings (SSSR count). The van der Waals surface area contributed by atoms with E-state index >= 15 is 0 Å². The van der Waals surface area contributed by atoms with Crippen molar-refractivity contribution in [3.63, 3.8) is 0 Å². The van der Waals surface area contributed by atoms with Gasteiger partial charge in [0.15, 0.2) is 5.11 Å². The first-order valence-corrected chi connectivity index (χ1v) is 7.90. The predicted molar refractivity (Wildman–Crippen MR) is 92.0 cm³/mol. The molecular weight excluding hydrogens is 343 g/mol. The van der Waals surface area contributed by atoms with Gasteiger partial charge in [-0.2, -0.15) is 0 Å². The summed E-state index contributed by atoms with van der Waals surface area (Å²) >= 11 is 17.2. The minimum absolute atomic E-state index is 0.212. The van der Waals surface area contributed by atoms with Crippen LogP contribution in [0.15, 0.2) is 29.5 Å². The zero-order valence-electron chi connectivity index (χ0n) is 12.4. The SMILES string of the molecule is CC1=C(C(=O)OC(C)C)[C@H](c2ccc(Cl)c(Cl)c2)NC(=S)N1. The molecule has 0 bridgehead atoms. The Labute approximate surface area is 144 Å². The van der Waals surface area contributed by atoms with E-state index in [-0.39, 0.29) is 6.10 Å². The Morgan fingerprint density at radius 2 is 2.00 bits per heavy atom. The van der Waals surface area contributed by atoms with Crippen LogP contribution >= 0.6 is 35.4 Å². The van der Waals surface area contributed by atoms with Crippen molar-refractivity contribution >= 4 is 46.5 Å². The molecule has 1 aliphatic heterocycles. The molecule has 0 saturated carbocycles. The summed E-state index contributed by atoms with van der Waals surface area (Å²) in [4.78, 5) is 12.4. The molecule has 1 atom stereocenters. The van der Waals surface area contributed by atoms with E-state index in [2.05, 4.69) is 10.6 Å². The second-order valence-corrected chi connectivity index (χ2v) is 6.42. The Balaban J connectivity index is 2.45. The average Bonchev–Trinajstić information content (AvgIpc) is 2.39. The van der Waals surface area contributed by atoms with Crippen molar-refractivity contribution in [1.29, 1.82) is 0 Å². The van der Waals surface area contributed by atoms with Gasteiger partial charge < -0.3 is 15.4 Å². The molecule has 22 heavy (non-hydrogen) atoms. The van der Waals surface area contributed by atoms with E-state index in [4.69, 9.17) is 40.2 Å². The third-order valence-electron chi connectivity index (χ3n) is 3.11. The zero-order chi connectivity index (χ0) is 16.4. The van der Waals surface area contributed by atoms with Crippen LogP contribution in [0.25, 0.3) is 0 Å². The van der Waals surface area contributed by atoms with Gasteiger partial charge in [0.05, 0.1) is 27.8 Å². The van der Waals surface area contributed by atoms with E-state index in [9.17, 15) is 4.79 Å². The van der Waals surface area contributed by atoms with Gasteiger partial charge in [-0.15, -0.1) is 0 Å². The number of thiocarbonyl (C=S) groups is 1. The summed E-state index contributed by atoms with van der Waals surface area (Å²) in [5.74, 6) is -0.397. The Bertz CT molecular complexity index is 659. The fourth-order valence-electron chi connectivity index (χ4n) is 2.18. The first-order chi connectivity index (χ1) is 10.3. The summed E-state index contributed by atoms with van der Waals surface area (Å²) in [6.45, 7) is 5.39. The number of carbonyl (C=O) groups excluding carboxylic acids is 1. The molecule has 118 valence electrons. The van der Waals surface area contributed by atoms with Crippen molar-refractivity contribution in [2.45, 2.75) is 32.9 Å². The molecule has 0 unspecified atom stereocenters. The lowest BCUT2D eigenvalue weighted by Gasteiger charge is -2.30. The highest BCUT2D eigenvalue weighted by Gasteiger charge is 2.31. The summed E-state index contributed by atoms with van der Waals surface area (Å²) in [6, 6.07) is 4.77. The lowest BCUT2D eigenvalue weighted by Crippen LogP contribution is -2.45. The number of allylic oxidation sites excluding steroid dienone is 1. The van der Waals surface area contributed by atoms with Crippen LogP contribution in [0.1, 0.15) is 32.4 Å². The Morgan fingerprint density at radius 3 is 2.59 bits per heavy atom. The van der Waals surface area contributed by atoms with E-state index < -0.39 is 12.0 Å². The van der Waals surface area contributed by atoms with Crippen LogP contribution in [-0.2, 0) is 9.53 Å². The molecule has 0 spiro atoms. The van der Waals surface area contributed by atoms with Crippen molar-refractivity contribution in [1.82, 2.24) is 10.6 Å². The van der Waals surface area contributed by atoms with Crippen LogP contribution in [-0.4, -0.2) is 17.2 Å². The van der Waals surface area contributed by atoms with Gasteiger partial charge in [-0.25, -0.2) is 4.79 Å². The molecule has 4 nitrogen and oxygen atoms in total. The predicted octanol–water partition coefficient (Wildman–Crippen LogP) is 3.74. The van der Waals surface area contributed by atoms with E-state index in [1.807, 2.05) is 0 Å². The van der Waals surface area contributed by atoms with Gasteiger partial charge in [-0.1, -0.05) is 29.3 Å². The molecule has 2 N–H and O–H groups in total. The van der Waals surface area contributed by atoms with Gasteiger partial charge in [-0.3, -0.25) is 0 Å². The maximum absolute atomic E-state index is 12.4. The number of carbonyl (C=O) groups is 1. The van der Waals surface area contributed by atoms with E-state index in [1.54, 1.807) is 39.0 Å². The highest BCUT2D eigenvalue weighted by atomic mass is 35.5. The number of hydrogen-bond acceptors (Lipinski definition) is 3. The smallest absolute Gasteiger partial charge is 0.338 e. The van der Waals surface area contributed by atoms with Gasteiger partial charge in [0.25, 0.3) is 0 Å². The fraction of sp³-hybridized carbons (Fsp3) is 0.333. The average molecular weight is 359 g/mol. The molecule has 7 heteroatoms. The molecule has 1 aromatic rings. The molecule has 0 amide bonds. The number of hydrogen-bond donors (Lipinski definition) is 2. The van der Waals surface area contributed by atoms with Crippen molar-refractivity contribution in [3.05, 3.63) is 45.1 Å². The molecule has 0 fully saturated rings. The number of benzene rings is 1. The third-order valence-corrected chi connectivity index (χ3v) is 4.07. The minimum Gasteiger partial charge on any atom is -0.459 e. The molecular formula is C15H16Cl2N2O2S. The van der Waals surface area contributed by atoms with Gasteiger partial charge in [0, 0.05) is 5.70 Å². The lowest BCUT2D eigenvalue weighted by atomic mass is 9.95. The van der Waals surface area contributed by atoms with Gasteiger partial charge >= 0.3 is 5.97 Å². The number of ether oxygens (including phenoxy) is 1. The van der Waals surface area contributed by atoms with Crippen molar-refractivity contribution in [3.8, 4) is 0 Å². The van der Waals surface area contributed by atoms with Crippen molar-refractivity contribution in [2.24, 2.45) is 0 Å². The van der Waals surface area contributed by atoms with E-state index in [0.29, 0.717) is 26.4 Å². The highest BCUT2D eigenvalue weighted by Crippen LogP contribution is 2.32. The van der Waals surface area contributed by atoms with Crippen LogP contribution in [0.4, 0.5) is 0 Å². The molecule has 1 aliphatic rings. The molecule has 0 radical (unpaired) electrons. The number of halogens is 2. The second kappa shape index (κ2) is 6.86. The maximum atomic E-state index is 12.4. The maximum Gasteiger partial charge on any atom is 0.338 e. The number of rotatable bonds is 3. The molecule has 1 aromatic carbocycles. The van der Waals surface area contributed by atoms with Crippen LogP contribution in [0.3, 0.4) is 0 Å². The summed E-state index contributed by atoms with van der Waals surface area (Å²) in [5.41, 5.74) is 1.92. The summed E-state index contributed by atoms with van der Waals surface area (Å²) in [5, 5.41) is 7.33. The van der Waals surface area contributed by atoms with Crippen LogP contribution in [0.5, 0.6) is 0 Å². The summed E-state index contributed by atoms with van der Waals surface area (Å²) in [7, 11) is 0. The van der Waals surface area contributed by atoms with Crippen LogP contribution in [0.2, 0.25) is 10.0 Å². The zero-order valence-corrected chi connectivity index (χ0v) is 14.7. The first-order valence-electron chi connectivity index (χ1n) is 6.73.